The minimum atomic E-state index is -3.72. The molecule has 0 aliphatic heterocycles. The first-order chi connectivity index (χ1) is 8.81. The van der Waals surface area contributed by atoms with Gasteiger partial charge in [-0.25, -0.2) is 13.1 Å². The van der Waals surface area contributed by atoms with Gasteiger partial charge in [-0.1, -0.05) is 46.1 Å². The number of thioether (sulfide) groups is 1. The van der Waals surface area contributed by atoms with Gasteiger partial charge in [0.05, 0.1) is 10.0 Å². The summed E-state index contributed by atoms with van der Waals surface area (Å²) in [6.45, 7) is 1.92. The molecule has 0 saturated heterocycles. The van der Waals surface area contributed by atoms with Crippen LogP contribution in [0.2, 0.25) is 10.0 Å². The second kappa shape index (κ2) is 7.52. The molecular weight excluding hydrogens is 393 g/mol. The Hall–Kier alpha value is 0.540. The first-order valence-corrected chi connectivity index (χ1v) is 9.90. The van der Waals surface area contributed by atoms with Crippen molar-refractivity contribution in [1.82, 2.24) is 4.72 Å². The molecule has 0 bridgehead atoms. The number of benzene rings is 1. The molecule has 0 fully saturated rings. The van der Waals surface area contributed by atoms with E-state index < -0.39 is 10.0 Å². The van der Waals surface area contributed by atoms with Crippen LogP contribution in [-0.2, 0) is 10.0 Å². The zero-order chi connectivity index (χ0) is 14.6. The number of nitrogens with one attached hydrogen (secondary N) is 1. The monoisotopic (exact) mass is 405 g/mol. The van der Waals surface area contributed by atoms with E-state index in [1.165, 1.54) is 12.1 Å². The highest BCUT2D eigenvalue weighted by molar-refractivity contribution is 9.10. The Balaban J connectivity index is 3.14. The van der Waals surface area contributed by atoms with Crippen molar-refractivity contribution < 1.29 is 8.42 Å². The van der Waals surface area contributed by atoms with Gasteiger partial charge in [-0.2, -0.15) is 11.8 Å². The van der Waals surface area contributed by atoms with Crippen LogP contribution >= 0.6 is 50.9 Å². The molecule has 0 aliphatic rings. The fourth-order valence-electron chi connectivity index (χ4n) is 1.50. The Kier molecular flexibility index (Phi) is 6.96. The smallest absolute Gasteiger partial charge is 0.207 e. The lowest BCUT2D eigenvalue weighted by Gasteiger charge is -2.17. The average molecular weight is 407 g/mol. The summed E-state index contributed by atoms with van der Waals surface area (Å²) in [4.78, 5) is -0.0708. The van der Waals surface area contributed by atoms with Crippen molar-refractivity contribution in [2.45, 2.75) is 24.3 Å². The van der Waals surface area contributed by atoms with Crippen LogP contribution in [0.25, 0.3) is 0 Å². The number of halogens is 3. The normalized spacial score (nSPS) is 13.5. The van der Waals surface area contributed by atoms with E-state index in [-0.39, 0.29) is 21.0 Å². The van der Waals surface area contributed by atoms with Crippen LogP contribution in [0.15, 0.2) is 21.5 Å². The predicted octanol–water partition coefficient (Wildman–Crippen LogP) is 4.18. The molecule has 3 nitrogen and oxygen atoms in total. The van der Waals surface area contributed by atoms with Gasteiger partial charge in [0.1, 0.15) is 4.90 Å². The SMILES string of the molecule is CCC(CSC)NS(=O)(=O)c1c(Cl)cc(Br)cc1Cl. The summed E-state index contributed by atoms with van der Waals surface area (Å²) in [6, 6.07) is 2.88. The van der Waals surface area contributed by atoms with E-state index in [0.29, 0.717) is 16.6 Å². The Labute approximate surface area is 136 Å². The maximum Gasteiger partial charge on any atom is 0.243 e. The molecule has 108 valence electrons. The van der Waals surface area contributed by atoms with E-state index in [1.807, 2.05) is 13.2 Å². The maximum absolute atomic E-state index is 12.3. The molecule has 1 aromatic rings. The number of hydrogen-bond donors (Lipinski definition) is 1. The van der Waals surface area contributed by atoms with Crippen LogP contribution in [0, 0.1) is 0 Å². The average Bonchev–Trinajstić information content (AvgIpc) is 2.25. The Morgan fingerprint density at radius 1 is 1.37 bits per heavy atom. The van der Waals surface area contributed by atoms with Crippen molar-refractivity contribution >= 4 is 60.9 Å². The number of hydrogen-bond acceptors (Lipinski definition) is 3. The topological polar surface area (TPSA) is 46.2 Å². The fourth-order valence-corrected chi connectivity index (χ4v) is 5.58. The van der Waals surface area contributed by atoms with E-state index in [0.717, 1.165) is 0 Å². The molecule has 0 heterocycles. The van der Waals surface area contributed by atoms with E-state index in [4.69, 9.17) is 23.2 Å². The second-order valence-corrected chi connectivity index (χ2v) is 8.17. The summed E-state index contributed by atoms with van der Waals surface area (Å²) in [5, 5.41) is 0.205. The fraction of sp³-hybridized carbons (Fsp3) is 0.455. The molecule has 8 heteroatoms. The summed E-state index contributed by atoms with van der Waals surface area (Å²) in [5.41, 5.74) is 0. The van der Waals surface area contributed by atoms with E-state index in [2.05, 4.69) is 20.7 Å². The van der Waals surface area contributed by atoms with Crippen molar-refractivity contribution in [2.24, 2.45) is 0 Å². The zero-order valence-corrected chi connectivity index (χ0v) is 15.1. The Morgan fingerprint density at radius 3 is 2.32 bits per heavy atom. The molecule has 0 spiro atoms. The highest BCUT2D eigenvalue weighted by Crippen LogP contribution is 2.32. The zero-order valence-electron chi connectivity index (χ0n) is 10.4. The van der Waals surface area contributed by atoms with Crippen LogP contribution in [0.3, 0.4) is 0 Å². The lowest BCUT2D eigenvalue weighted by Crippen LogP contribution is -2.36. The van der Waals surface area contributed by atoms with Crippen molar-refractivity contribution in [3.8, 4) is 0 Å². The second-order valence-electron chi connectivity index (χ2n) is 3.88. The van der Waals surface area contributed by atoms with Gasteiger partial charge in [-0.05, 0) is 24.8 Å². The van der Waals surface area contributed by atoms with Gasteiger partial charge >= 0.3 is 0 Å². The molecule has 1 N–H and O–H groups in total. The highest BCUT2D eigenvalue weighted by atomic mass is 79.9. The van der Waals surface area contributed by atoms with E-state index in [9.17, 15) is 8.42 Å². The third kappa shape index (κ3) is 4.79. The van der Waals surface area contributed by atoms with Crippen molar-refractivity contribution in [1.29, 1.82) is 0 Å². The standard InChI is InChI=1S/C11H14BrCl2NO2S2/c1-3-8(6-18-2)15-19(16,17)11-9(13)4-7(12)5-10(11)14/h4-5,8,15H,3,6H2,1-2H3. The van der Waals surface area contributed by atoms with E-state index in [1.54, 1.807) is 11.8 Å². The molecule has 1 unspecified atom stereocenters. The Morgan fingerprint density at radius 2 is 1.89 bits per heavy atom. The van der Waals surface area contributed by atoms with Gasteiger partial charge in [0, 0.05) is 16.3 Å². The molecule has 0 saturated carbocycles. The van der Waals surface area contributed by atoms with Crippen molar-refractivity contribution in [2.75, 3.05) is 12.0 Å². The van der Waals surface area contributed by atoms with Gasteiger partial charge in [0.15, 0.2) is 0 Å². The van der Waals surface area contributed by atoms with Crippen molar-refractivity contribution in [3.05, 3.63) is 26.7 Å². The molecular formula is C11H14BrCl2NO2S2. The molecule has 1 aromatic carbocycles. The summed E-state index contributed by atoms with van der Waals surface area (Å²) >= 11 is 16.8. The molecule has 0 aromatic heterocycles. The maximum atomic E-state index is 12.3. The van der Waals surface area contributed by atoms with Gasteiger partial charge in [0.2, 0.25) is 10.0 Å². The van der Waals surface area contributed by atoms with Crippen LogP contribution in [0.4, 0.5) is 0 Å². The molecule has 0 radical (unpaired) electrons. The molecule has 0 amide bonds. The molecule has 19 heavy (non-hydrogen) atoms. The number of rotatable bonds is 6. The van der Waals surface area contributed by atoms with Crippen molar-refractivity contribution in [3.63, 3.8) is 0 Å². The number of sulfonamides is 1. The summed E-state index contributed by atoms with van der Waals surface area (Å²) < 4.78 is 27.9. The van der Waals surface area contributed by atoms with Crippen LogP contribution in [0.1, 0.15) is 13.3 Å². The van der Waals surface area contributed by atoms with Crippen LogP contribution in [-0.4, -0.2) is 26.5 Å². The van der Waals surface area contributed by atoms with Crippen LogP contribution < -0.4 is 4.72 Å². The third-order valence-corrected chi connectivity index (χ3v) is 6.05. The molecule has 1 atom stereocenters. The summed E-state index contributed by atoms with van der Waals surface area (Å²) in [7, 11) is -3.72. The predicted molar refractivity (Wildman–Crippen MR) is 86.9 cm³/mol. The molecule has 0 aliphatic carbocycles. The van der Waals surface area contributed by atoms with Gasteiger partial charge in [-0.3, -0.25) is 0 Å². The van der Waals surface area contributed by atoms with Gasteiger partial charge in [0.25, 0.3) is 0 Å². The van der Waals surface area contributed by atoms with Crippen LogP contribution in [0.5, 0.6) is 0 Å². The lowest BCUT2D eigenvalue weighted by atomic mass is 10.3. The van der Waals surface area contributed by atoms with E-state index >= 15 is 0 Å². The Bertz CT molecular complexity index is 529. The first-order valence-electron chi connectivity index (χ1n) is 5.47. The largest absolute Gasteiger partial charge is 0.243 e. The summed E-state index contributed by atoms with van der Waals surface area (Å²) in [6.07, 6.45) is 2.63. The highest BCUT2D eigenvalue weighted by Gasteiger charge is 2.24. The van der Waals surface area contributed by atoms with Gasteiger partial charge in [-0.15, -0.1) is 0 Å². The minimum absolute atomic E-state index is 0.0708. The lowest BCUT2D eigenvalue weighted by molar-refractivity contribution is 0.558. The molecule has 1 rings (SSSR count). The quantitative estimate of drug-likeness (QED) is 0.770. The van der Waals surface area contributed by atoms with Gasteiger partial charge < -0.3 is 0 Å². The first kappa shape index (κ1) is 17.6. The summed E-state index contributed by atoms with van der Waals surface area (Å²) in [5.74, 6) is 0.696. The minimum Gasteiger partial charge on any atom is -0.207 e. The third-order valence-electron chi connectivity index (χ3n) is 2.41.